The van der Waals surface area contributed by atoms with Crippen LogP contribution in [0.2, 0.25) is 0 Å². The van der Waals surface area contributed by atoms with Gasteiger partial charge in [0.1, 0.15) is 5.69 Å². The van der Waals surface area contributed by atoms with Gasteiger partial charge >= 0.3 is 0 Å². The lowest BCUT2D eigenvalue weighted by atomic mass is 10.00. The van der Waals surface area contributed by atoms with Gasteiger partial charge < -0.3 is 5.32 Å². The van der Waals surface area contributed by atoms with Crippen molar-refractivity contribution >= 4 is 26.5 Å². The Kier molecular flexibility index (Phi) is 6.66. The van der Waals surface area contributed by atoms with Crippen molar-refractivity contribution in [3.63, 3.8) is 0 Å². The van der Waals surface area contributed by atoms with Gasteiger partial charge in [-0.3, -0.25) is 9.97 Å². The molecule has 0 bridgehead atoms. The van der Waals surface area contributed by atoms with Gasteiger partial charge in [-0.25, -0.2) is 21.5 Å². The summed E-state index contributed by atoms with van der Waals surface area (Å²) in [7, 11) is -3.18. The summed E-state index contributed by atoms with van der Waals surface area (Å²) in [6, 6.07) is 8.99. The van der Waals surface area contributed by atoms with Crippen LogP contribution in [0.3, 0.4) is 0 Å². The van der Waals surface area contributed by atoms with Crippen molar-refractivity contribution in [2.75, 3.05) is 24.2 Å². The predicted molar refractivity (Wildman–Crippen MR) is 122 cm³/mol. The lowest BCUT2D eigenvalue weighted by molar-refractivity contribution is 0.146. The van der Waals surface area contributed by atoms with Crippen molar-refractivity contribution < 1.29 is 17.2 Å². The highest BCUT2D eigenvalue weighted by molar-refractivity contribution is 7.89. The smallest absolute Gasteiger partial charge is 0.280 e. The minimum absolute atomic E-state index is 0.126. The van der Waals surface area contributed by atoms with Crippen molar-refractivity contribution in [2.24, 2.45) is 0 Å². The summed E-state index contributed by atoms with van der Waals surface area (Å²) < 4.78 is 52.0. The molecular weight excluding hydrogens is 434 g/mol. The fraction of sp³-hybridized carbons (Fsp3) is 0.391. The summed E-state index contributed by atoms with van der Waals surface area (Å²) >= 11 is 0. The summed E-state index contributed by atoms with van der Waals surface area (Å²) in [5.74, 6) is 0.182. The molecule has 3 heterocycles. The second kappa shape index (κ2) is 9.46. The van der Waals surface area contributed by atoms with Gasteiger partial charge in [-0.15, -0.1) is 0 Å². The van der Waals surface area contributed by atoms with Gasteiger partial charge in [-0.1, -0.05) is 13.0 Å². The van der Waals surface area contributed by atoms with Crippen LogP contribution >= 0.6 is 0 Å². The molecule has 9 heteroatoms. The van der Waals surface area contributed by atoms with Gasteiger partial charge in [0, 0.05) is 54.4 Å². The molecule has 1 aliphatic heterocycles. The number of aromatic nitrogens is 2. The number of benzene rings is 1. The molecule has 1 saturated heterocycles. The van der Waals surface area contributed by atoms with E-state index in [9.17, 15) is 17.2 Å². The number of fused-ring (bicyclic) bond motifs is 1. The standard InChI is InChI=1S/C23H26F2N4O2S/c1-2-11-32(30,31)29-9-6-19(7-10-29)28-22-13-18(12-16-5-8-26-15-20(16)22)17-3-4-21(23(24)25)27-14-17/h3-5,8,12-15,19,23,28H,2,6-7,9-11H2,1H3. The average molecular weight is 461 g/mol. The molecule has 1 N–H and O–H groups in total. The topological polar surface area (TPSA) is 75.2 Å². The number of nitrogens with one attached hydrogen (secondary N) is 1. The van der Waals surface area contributed by atoms with Gasteiger partial charge in [0.2, 0.25) is 10.0 Å². The zero-order valence-electron chi connectivity index (χ0n) is 17.8. The Labute approximate surface area is 186 Å². The predicted octanol–water partition coefficient (Wildman–Crippen LogP) is 4.85. The van der Waals surface area contributed by atoms with Gasteiger partial charge in [-0.2, -0.15) is 0 Å². The van der Waals surface area contributed by atoms with E-state index < -0.39 is 16.4 Å². The van der Waals surface area contributed by atoms with Crippen LogP contribution in [0.25, 0.3) is 21.9 Å². The van der Waals surface area contributed by atoms with Crippen LogP contribution in [0.1, 0.15) is 38.3 Å². The Balaban J connectivity index is 1.57. The fourth-order valence-electron chi connectivity index (χ4n) is 4.08. The Bertz CT molecular complexity index is 1180. The Morgan fingerprint density at radius 3 is 2.56 bits per heavy atom. The molecule has 0 aliphatic carbocycles. The van der Waals surface area contributed by atoms with E-state index >= 15 is 0 Å². The minimum Gasteiger partial charge on any atom is -0.382 e. The second-order valence-electron chi connectivity index (χ2n) is 8.03. The highest BCUT2D eigenvalue weighted by atomic mass is 32.2. The Morgan fingerprint density at radius 1 is 1.12 bits per heavy atom. The molecule has 4 rings (SSSR count). The SMILES string of the molecule is CCCS(=O)(=O)N1CCC(Nc2cc(-c3ccc(C(F)F)nc3)cc3ccncc23)CC1. The van der Waals surface area contributed by atoms with E-state index in [0.717, 1.165) is 27.6 Å². The maximum absolute atomic E-state index is 12.9. The third-order valence-electron chi connectivity index (χ3n) is 5.77. The van der Waals surface area contributed by atoms with Crippen molar-refractivity contribution in [1.82, 2.24) is 14.3 Å². The number of alkyl halides is 2. The molecule has 0 atom stereocenters. The first-order chi connectivity index (χ1) is 15.4. The number of pyridine rings is 2. The van der Waals surface area contributed by atoms with Gasteiger partial charge in [0.05, 0.1) is 5.75 Å². The van der Waals surface area contributed by atoms with Crippen LogP contribution in [-0.2, 0) is 10.0 Å². The normalized spacial score (nSPS) is 16.0. The molecule has 2 aromatic heterocycles. The number of nitrogens with zero attached hydrogens (tertiary/aromatic N) is 3. The lowest BCUT2D eigenvalue weighted by Crippen LogP contribution is -2.43. The maximum atomic E-state index is 12.9. The van der Waals surface area contributed by atoms with E-state index in [1.54, 1.807) is 22.8 Å². The molecule has 6 nitrogen and oxygen atoms in total. The number of halogens is 2. The first-order valence-electron chi connectivity index (χ1n) is 10.7. The second-order valence-corrected chi connectivity index (χ2v) is 10.1. The van der Waals surface area contributed by atoms with Crippen molar-refractivity contribution in [3.05, 3.63) is 54.6 Å². The van der Waals surface area contributed by atoms with Crippen LogP contribution in [0.4, 0.5) is 14.5 Å². The first kappa shape index (κ1) is 22.5. The zero-order chi connectivity index (χ0) is 22.7. The molecule has 0 unspecified atom stereocenters. The van der Waals surface area contributed by atoms with Crippen molar-refractivity contribution in [2.45, 2.75) is 38.7 Å². The van der Waals surface area contributed by atoms with Crippen LogP contribution in [0, 0.1) is 0 Å². The molecule has 0 amide bonds. The van der Waals surface area contributed by atoms with Gasteiger partial charge in [0.15, 0.2) is 0 Å². The first-order valence-corrected chi connectivity index (χ1v) is 12.3. The van der Waals surface area contributed by atoms with Gasteiger partial charge in [0.25, 0.3) is 6.43 Å². The summed E-state index contributed by atoms with van der Waals surface area (Å²) in [4.78, 5) is 8.12. The quantitative estimate of drug-likeness (QED) is 0.546. The lowest BCUT2D eigenvalue weighted by Gasteiger charge is -2.32. The van der Waals surface area contributed by atoms with Crippen molar-refractivity contribution in [1.29, 1.82) is 0 Å². The van der Waals surface area contributed by atoms with Crippen LogP contribution in [0.15, 0.2) is 48.9 Å². The van der Waals surface area contributed by atoms with E-state index in [2.05, 4.69) is 15.3 Å². The molecule has 32 heavy (non-hydrogen) atoms. The fourth-order valence-corrected chi connectivity index (χ4v) is 5.62. The molecular formula is C23H26F2N4O2S. The molecule has 170 valence electrons. The number of piperidine rings is 1. The molecule has 0 radical (unpaired) electrons. The molecule has 0 spiro atoms. The summed E-state index contributed by atoms with van der Waals surface area (Å²) in [5, 5.41) is 5.49. The van der Waals surface area contributed by atoms with Crippen LogP contribution < -0.4 is 5.32 Å². The monoisotopic (exact) mass is 460 g/mol. The van der Waals surface area contributed by atoms with E-state index in [1.807, 2.05) is 25.1 Å². The molecule has 3 aromatic rings. The molecule has 1 fully saturated rings. The number of hydrogen-bond donors (Lipinski definition) is 1. The minimum atomic E-state index is -3.18. The molecule has 1 aliphatic rings. The number of hydrogen-bond acceptors (Lipinski definition) is 5. The van der Waals surface area contributed by atoms with E-state index in [-0.39, 0.29) is 17.5 Å². The van der Waals surface area contributed by atoms with Crippen LogP contribution in [-0.4, -0.2) is 47.6 Å². The summed E-state index contributed by atoms with van der Waals surface area (Å²) in [6.45, 7) is 2.86. The third-order valence-corrected chi connectivity index (χ3v) is 7.84. The Hall–Kier alpha value is -2.65. The number of sulfonamides is 1. The average Bonchev–Trinajstić information content (AvgIpc) is 2.79. The van der Waals surface area contributed by atoms with E-state index in [1.165, 1.54) is 12.3 Å². The largest absolute Gasteiger partial charge is 0.382 e. The van der Waals surface area contributed by atoms with Crippen LogP contribution in [0.5, 0.6) is 0 Å². The number of rotatable bonds is 7. The highest BCUT2D eigenvalue weighted by Crippen LogP contribution is 2.32. The summed E-state index contributed by atoms with van der Waals surface area (Å²) in [5.41, 5.74) is 2.25. The van der Waals surface area contributed by atoms with E-state index in [0.29, 0.717) is 32.4 Å². The maximum Gasteiger partial charge on any atom is 0.280 e. The highest BCUT2D eigenvalue weighted by Gasteiger charge is 2.27. The molecule has 1 aromatic carbocycles. The third kappa shape index (κ3) is 4.88. The van der Waals surface area contributed by atoms with Crippen molar-refractivity contribution in [3.8, 4) is 11.1 Å². The zero-order valence-corrected chi connectivity index (χ0v) is 18.7. The van der Waals surface area contributed by atoms with E-state index in [4.69, 9.17) is 0 Å². The Morgan fingerprint density at radius 2 is 1.91 bits per heavy atom. The number of anilines is 1. The van der Waals surface area contributed by atoms with Gasteiger partial charge in [-0.05, 0) is 54.5 Å². The molecule has 0 saturated carbocycles. The summed E-state index contributed by atoms with van der Waals surface area (Å²) in [6.07, 6.45) is 4.39.